The van der Waals surface area contributed by atoms with Crippen molar-refractivity contribution in [3.8, 4) is 11.3 Å². The molecule has 1 aromatic heterocycles. The third-order valence-electron chi connectivity index (χ3n) is 3.60. The van der Waals surface area contributed by atoms with Gasteiger partial charge in [-0.1, -0.05) is 45.9 Å². The molecule has 2 aromatic carbocycles. The Balaban J connectivity index is 1.54. The second-order valence-corrected chi connectivity index (χ2v) is 7.77. The lowest BCUT2D eigenvalue weighted by molar-refractivity contribution is -0.114. The molecule has 0 fully saturated rings. The lowest BCUT2D eigenvalue weighted by atomic mass is 10.1. The SMILES string of the molecule is CC(=O)Nc1cccc(NC(=O)CSc2ccc(-c3ccc(Br)cc3)nn2)c1. The maximum absolute atomic E-state index is 12.2. The number of hydrogen-bond acceptors (Lipinski definition) is 5. The van der Waals surface area contributed by atoms with Gasteiger partial charge in [-0.3, -0.25) is 9.59 Å². The quantitative estimate of drug-likeness (QED) is 0.529. The first-order valence-electron chi connectivity index (χ1n) is 8.39. The fraction of sp³-hybridized carbons (Fsp3) is 0.100. The second-order valence-electron chi connectivity index (χ2n) is 5.86. The van der Waals surface area contributed by atoms with Crippen LogP contribution in [0.2, 0.25) is 0 Å². The molecule has 6 nitrogen and oxygen atoms in total. The summed E-state index contributed by atoms with van der Waals surface area (Å²) in [7, 11) is 0. The number of carbonyl (C=O) groups excluding carboxylic acids is 2. The smallest absolute Gasteiger partial charge is 0.234 e. The van der Waals surface area contributed by atoms with Gasteiger partial charge >= 0.3 is 0 Å². The molecule has 2 N–H and O–H groups in total. The van der Waals surface area contributed by atoms with Crippen molar-refractivity contribution >= 4 is 50.9 Å². The molecule has 3 aromatic rings. The molecule has 142 valence electrons. The van der Waals surface area contributed by atoms with E-state index in [0.29, 0.717) is 16.4 Å². The van der Waals surface area contributed by atoms with E-state index in [9.17, 15) is 9.59 Å². The molecule has 2 amide bonds. The summed E-state index contributed by atoms with van der Waals surface area (Å²) in [6.07, 6.45) is 0. The van der Waals surface area contributed by atoms with Crippen LogP contribution in [-0.4, -0.2) is 27.8 Å². The first kappa shape index (κ1) is 20.0. The molecule has 0 atom stereocenters. The van der Waals surface area contributed by atoms with Crippen LogP contribution in [0, 0.1) is 0 Å². The van der Waals surface area contributed by atoms with Crippen LogP contribution in [0.15, 0.2) is 70.2 Å². The zero-order chi connectivity index (χ0) is 19.9. The highest BCUT2D eigenvalue weighted by molar-refractivity contribution is 9.10. The summed E-state index contributed by atoms with van der Waals surface area (Å²) in [4.78, 5) is 23.3. The van der Waals surface area contributed by atoms with Crippen molar-refractivity contribution in [1.29, 1.82) is 0 Å². The Morgan fingerprint density at radius 2 is 1.68 bits per heavy atom. The zero-order valence-electron chi connectivity index (χ0n) is 15.0. The largest absolute Gasteiger partial charge is 0.326 e. The number of halogens is 1. The van der Waals surface area contributed by atoms with Crippen LogP contribution in [0.5, 0.6) is 0 Å². The molecule has 28 heavy (non-hydrogen) atoms. The lowest BCUT2D eigenvalue weighted by Crippen LogP contribution is -2.14. The van der Waals surface area contributed by atoms with E-state index in [-0.39, 0.29) is 17.6 Å². The number of benzene rings is 2. The number of thioether (sulfide) groups is 1. The third kappa shape index (κ3) is 5.90. The first-order chi connectivity index (χ1) is 13.5. The van der Waals surface area contributed by atoms with Gasteiger partial charge < -0.3 is 10.6 Å². The average molecular weight is 457 g/mol. The highest BCUT2D eigenvalue weighted by atomic mass is 79.9. The summed E-state index contributed by atoms with van der Waals surface area (Å²) >= 11 is 4.71. The maximum Gasteiger partial charge on any atom is 0.234 e. The Labute approximate surface area is 175 Å². The van der Waals surface area contributed by atoms with Crippen LogP contribution in [0.25, 0.3) is 11.3 Å². The van der Waals surface area contributed by atoms with Gasteiger partial charge in [-0.05, 0) is 42.5 Å². The van der Waals surface area contributed by atoms with Gasteiger partial charge in [0.25, 0.3) is 0 Å². The molecular formula is C20H17BrN4O2S. The molecule has 0 spiro atoms. The number of rotatable bonds is 6. The number of aromatic nitrogens is 2. The molecule has 3 rings (SSSR count). The van der Waals surface area contributed by atoms with Crippen molar-refractivity contribution in [2.75, 3.05) is 16.4 Å². The van der Waals surface area contributed by atoms with Gasteiger partial charge in [0.2, 0.25) is 11.8 Å². The third-order valence-corrected chi connectivity index (χ3v) is 5.05. The Morgan fingerprint density at radius 1 is 0.964 bits per heavy atom. The van der Waals surface area contributed by atoms with Gasteiger partial charge in [-0.2, -0.15) is 0 Å². The van der Waals surface area contributed by atoms with E-state index in [1.807, 2.05) is 36.4 Å². The fourth-order valence-corrected chi connectivity index (χ4v) is 3.26. The van der Waals surface area contributed by atoms with E-state index < -0.39 is 0 Å². The van der Waals surface area contributed by atoms with Crippen molar-refractivity contribution in [2.45, 2.75) is 11.9 Å². The van der Waals surface area contributed by atoms with Crippen molar-refractivity contribution in [3.05, 3.63) is 65.1 Å². The number of carbonyl (C=O) groups is 2. The Morgan fingerprint density at radius 3 is 2.32 bits per heavy atom. The van der Waals surface area contributed by atoms with Gasteiger partial charge in [-0.25, -0.2) is 0 Å². The number of hydrogen-bond donors (Lipinski definition) is 2. The molecule has 0 aliphatic heterocycles. The predicted molar refractivity (Wildman–Crippen MR) is 115 cm³/mol. The predicted octanol–water partition coefficient (Wildman–Crippen LogP) is 4.60. The fourth-order valence-electron chi connectivity index (χ4n) is 2.39. The van der Waals surface area contributed by atoms with E-state index in [1.54, 1.807) is 24.3 Å². The van der Waals surface area contributed by atoms with Gasteiger partial charge in [0.15, 0.2) is 0 Å². The van der Waals surface area contributed by atoms with E-state index >= 15 is 0 Å². The topological polar surface area (TPSA) is 84.0 Å². The average Bonchev–Trinajstić information content (AvgIpc) is 2.67. The summed E-state index contributed by atoms with van der Waals surface area (Å²) in [6, 6.07) is 18.5. The Hall–Kier alpha value is -2.71. The number of nitrogens with zero attached hydrogens (tertiary/aromatic N) is 2. The number of nitrogens with one attached hydrogen (secondary N) is 2. The van der Waals surface area contributed by atoms with Crippen LogP contribution in [0.3, 0.4) is 0 Å². The van der Waals surface area contributed by atoms with E-state index in [2.05, 4.69) is 36.8 Å². The molecule has 8 heteroatoms. The minimum absolute atomic E-state index is 0.163. The highest BCUT2D eigenvalue weighted by Crippen LogP contribution is 2.22. The molecule has 1 heterocycles. The minimum Gasteiger partial charge on any atom is -0.326 e. The maximum atomic E-state index is 12.2. The molecular weight excluding hydrogens is 440 g/mol. The van der Waals surface area contributed by atoms with Crippen LogP contribution in [0.1, 0.15) is 6.92 Å². The molecule has 0 unspecified atom stereocenters. The van der Waals surface area contributed by atoms with Crippen LogP contribution >= 0.6 is 27.7 Å². The van der Waals surface area contributed by atoms with Gasteiger partial charge in [0.05, 0.1) is 11.4 Å². The van der Waals surface area contributed by atoms with Gasteiger partial charge in [-0.15, -0.1) is 10.2 Å². The van der Waals surface area contributed by atoms with E-state index in [1.165, 1.54) is 18.7 Å². The summed E-state index contributed by atoms with van der Waals surface area (Å²) < 4.78 is 1.00. The minimum atomic E-state index is -0.163. The van der Waals surface area contributed by atoms with Crippen LogP contribution in [0.4, 0.5) is 11.4 Å². The van der Waals surface area contributed by atoms with Crippen molar-refractivity contribution in [3.63, 3.8) is 0 Å². The van der Waals surface area contributed by atoms with Gasteiger partial charge in [0, 0.05) is 28.3 Å². The van der Waals surface area contributed by atoms with Crippen LogP contribution < -0.4 is 10.6 Å². The molecule has 0 aliphatic rings. The summed E-state index contributed by atoms with van der Waals surface area (Å²) in [5.74, 6) is -0.121. The highest BCUT2D eigenvalue weighted by Gasteiger charge is 2.07. The van der Waals surface area contributed by atoms with Crippen molar-refractivity contribution in [2.24, 2.45) is 0 Å². The lowest BCUT2D eigenvalue weighted by Gasteiger charge is -2.07. The molecule has 0 saturated heterocycles. The molecule has 0 bridgehead atoms. The van der Waals surface area contributed by atoms with E-state index in [0.717, 1.165) is 15.7 Å². The molecule has 0 radical (unpaired) electrons. The second kappa shape index (κ2) is 9.48. The summed E-state index contributed by atoms with van der Waals surface area (Å²) in [5.41, 5.74) is 3.00. The summed E-state index contributed by atoms with van der Waals surface area (Å²) in [6.45, 7) is 1.44. The standard InChI is InChI=1S/C20H17BrN4O2S/c1-13(26)22-16-3-2-4-17(11-16)23-19(27)12-28-20-10-9-18(24-25-20)14-5-7-15(21)8-6-14/h2-11H,12H2,1H3,(H,22,26)(H,23,27). The Kier molecular flexibility index (Phi) is 6.78. The summed E-state index contributed by atoms with van der Waals surface area (Å²) in [5, 5.41) is 14.6. The first-order valence-corrected chi connectivity index (χ1v) is 10.2. The van der Waals surface area contributed by atoms with Crippen molar-refractivity contribution < 1.29 is 9.59 Å². The van der Waals surface area contributed by atoms with Crippen LogP contribution in [-0.2, 0) is 9.59 Å². The Bertz CT molecular complexity index is 978. The zero-order valence-corrected chi connectivity index (χ0v) is 17.4. The normalized spacial score (nSPS) is 10.4. The van der Waals surface area contributed by atoms with E-state index in [4.69, 9.17) is 0 Å². The van der Waals surface area contributed by atoms with Gasteiger partial charge in [0.1, 0.15) is 5.03 Å². The number of amides is 2. The monoisotopic (exact) mass is 456 g/mol. The van der Waals surface area contributed by atoms with Crippen molar-refractivity contribution in [1.82, 2.24) is 10.2 Å². The molecule has 0 saturated carbocycles. The molecule has 0 aliphatic carbocycles. The number of anilines is 2.